The smallest absolute Gasteiger partial charge is 0.239 e. The Labute approximate surface area is 162 Å². The third-order valence-corrected chi connectivity index (χ3v) is 5.65. The Morgan fingerprint density at radius 2 is 1.73 bits per heavy atom. The number of piperidine rings is 1. The molecule has 2 amide bonds. The first-order valence-electron chi connectivity index (χ1n) is 9.13. The number of halogens is 1. The number of amides is 2. The Hall–Kier alpha value is -1.59. The minimum absolute atomic E-state index is 0. The van der Waals surface area contributed by atoms with Crippen LogP contribution in [0.1, 0.15) is 37.8 Å². The summed E-state index contributed by atoms with van der Waals surface area (Å²) in [5.74, 6) is -0.648. The number of carbonyl (C=O) groups is 2. The molecule has 0 radical (unpaired) electrons. The van der Waals surface area contributed by atoms with Crippen LogP contribution in [0, 0.1) is 25.2 Å². The molecule has 2 fully saturated rings. The number of benzene rings is 1. The summed E-state index contributed by atoms with van der Waals surface area (Å²) >= 11 is 0. The van der Waals surface area contributed by atoms with Gasteiger partial charge in [0.25, 0.3) is 0 Å². The highest BCUT2D eigenvalue weighted by molar-refractivity contribution is 6.09. The van der Waals surface area contributed by atoms with Crippen molar-refractivity contribution in [2.24, 2.45) is 17.1 Å². The van der Waals surface area contributed by atoms with Crippen LogP contribution in [0.2, 0.25) is 0 Å². The van der Waals surface area contributed by atoms with E-state index in [1.54, 1.807) is 4.90 Å². The van der Waals surface area contributed by atoms with Crippen LogP contribution in [0.25, 0.3) is 0 Å². The van der Waals surface area contributed by atoms with Gasteiger partial charge in [-0.15, -0.1) is 12.4 Å². The Balaban J connectivity index is 0.00000243. The second-order valence-corrected chi connectivity index (χ2v) is 8.32. The highest BCUT2D eigenvalue weighted by Gasteiger charge is 2.43. The number of carbonyl (C=O) groups excluding carboxylic acids is 2. The number of hydrogen-bond acceptors (Lipinski definition) is 3. The van der Waals surface area contributed by atoms with E-state index in [2.05, 4.69) is 19.9 Å². The molecule has 144 valence electrons. The molecule has 0 aliphatic carbocycles. The van der Waals surface area contributed by atoms with Crippen LogP contribution in [0.5, 0.6) is 0 Å². The summed E-state index contributed by atoms with van der Waals surface area (Å²) in [4.78, 5) is 29.5. The maximum atomic E-state index is 13.0. The molecule has 2 N–H and O–H groups in total. The van der Waals surface area contributed by atoms with Crippen molar-refractivity contribution in [2.45, 2.75) is 46.6 Å². The molecule has 2 aliphatic heterocycles. The van der Waals surface area contributed by atoms with Gasteiger partial charge in [0.15, 0.2) is 0 Å². The van der Waals surface area contributed by atoms with Gasteiger partial charge in [0, 0.05) is 31.4 Å². The normalized spacial score (nSPS) is 25.2. The van der Waals surface area contributed by atoms with Crippen LogP contribution in [-0.4, -0.2) is 42.4 Å². The predicted octanol–water partition coefficient (Wildman–Crippen LogP) is 2.66. The molecule has 5 nitrogen and oxygen atoms in total. The minimum Gasteiger partial charge on any atom is -0.341 e. The van der Waals surface area contributed by atoms with E-state index in [0.717, 1.165) is 23.2 Å². The molecule has 2 saturated heterocycles. The zero-order valence-corrected chi connectivity index (χ0v) is 16.9. The molecule has 0 aromatic heterocycles. The molecule has 2 atom stereocenters. The Morgan fingerprint density at radius 3 is 2.31 bits per heavy atom. The van der Waals surface area contributed by atoms with Gasteiger partial charge in [-0.2, -0.15) is 0 Å². The quantitative estimate of drug-likeness (QED) is 0.803. The number of anilines is 1. The average molecular weight is 380 g/mol. The fraction of sp³-hybridized carbons (Fsp3) is 0.600. The minimum atomic E-state index is -0.550. The number of rotatable bonds is 2. The summed E-state index contributed by atoms with van der Waals surface area (Å²) in [6.45, 7) is 10.1. The van der Waals surface area contributed by atoms with Crippen LogP contribution in [0.15, 0.2) is 18.2 Å². The number of hydrogen-bond donors (Lipinski definition) is 1. The third kappa shape index (κ3) is 3.89. The molecule has 0 spiro atoms. The molecule has 1 aromatic rings. The molecular formula is C20H30ClN3O2. The molecular weight excluding hydrogens is 350 g/mol. The monoisotopic (exact) mass is 379 g/mol. The number of likely N-dealkylation sites (tertiary alicyclic amines) is 1. The lowest BCUT2D eigenvalue weighted by atomic mass is 9.79. The molecule has 0 bridgehead atoms. The van der Waals surface area contributed by atoms with E-state index in [0.29, 0.717) is 26.1 Å². The SMILES string of the molecule is Cc1cc(C)cc(N2CCC(C(=O)N3CCC(N)C(C)(C)C3)C2=O)c1.Cl. The largest absolute Gasteiger partial charge is 0.341 e. The maximum absolute atomic E-state index is 13.0. The molecule has 2 aliphatic rings. The summed E-state index contributed by atoms with van der Waals surface area (Å²) in [7, 11) is 0. The van der Waals surface area contributed by atoms with E-state index in [4.69, 9.17) is 5.73 Å². The van der Waals surface area contributed by atoms with Gasteiger partial charge in [-0.25, -0.2) is 0 Å². The van der Waals surface area contributed by atoms with Crippen LogP contribution in [0.3, 0.4) is 0 Å². The molecule has 26 heavy (non-hydrogen) atoms. The third-order valence-electron chi connectivity index (χ3n) is 5.65. The van der Waals surface area contributed by atoms with Crippen molar-refractivity contribution in [3.05, 3.63) is 29.3 Å². The van der Waals surface area contributed by atoms with E-state index in [1.807, 2.05) is 30.9 Å². The van der Waals surface area contributed by atoms with E-state index in [-0.39, 0.29) is 35.7 Å². The lowest BCUT2D eigenvalue weighted by Gasteiger charge is -2.43. The van der Waals surface area contributed by atoms with Gasteiger partial charge in [0.2, 0.25) is 11.8 Å². The molecule has 1 aromatic carbocycles. The highest BCUT2D eigenvalue weighted by atomic mass is 35.5. The summed E-state index contributed by atoms with van der Waals surface area (Å²) in [5, 5.41) is 0. The standard InChI is InChI=1S/C20H29N3O2.ClH/c1-13-9-14(2)11-15(10-13)23-8-5-16(19(23)25)18(24)22-7-6-17(21)20(3,4)12-22;/h9-11,16-17H,5-8,12,21H2,1-4H3;1H. The first kappa shape index (κ1) is 20.7. The average Bonchev–Trinajstić information content (AvgIpc) is 2.90. The van der Waals surface area contributed by atoms with Gasteiger partial charge in [-0.3, -0.25) is 9.59 Å². The van der Waals surface area contributed by atoms with Crippen molar-refractivity contribution in [1.82, 2.24) is 4.90 Å². The van der Waals surface area contributed by atoms with Crippen LogP contribution in [0.4, 0.5) is 5.69 Å². The van der Waals surface area contributed by atoms with Crippen LogP contribution < -0.4 is 10.6 Å². The first-order valence-corrected chi connectivity index (χ1v) is 9.13. The fourth-order valence-electron chi connectivity index (χ4n) is 4.05. The van der Waals surface area contributed by atoms with Gasteiger partial charge in [0.05, 0.1) is 0 Å². The number of nitrogens with zero attached hydrogens (tertiary/aromatic N) is 2. The Morgan fingerprint density at radius 1 is 1.12 bits per heavy atom. The van der Waals surface area contributed by atoms with Gasteiger partial charge >= 0.3 is 0 Å². The van der Waals surface area contributed by atoms with E-state index >= 15 is 0 Å². The second kappa shape index (κ2) is 7.57. The van der Waals surface area contributed by atoms with E-state index in [9.17, 15) is 9.59 Å². The van der Waals surface area contributed by atoms with Crippen molar-refractivity contribution in [2.75, 3.05) is 24.5 Å². The molecule has 6 heteroatoms. The molecule has 3 rings (SSSR count). The van der Waals surface area contributed by atoms with Crippen molar-refractivity contribution >= 4 is 29.9 Å². The lowest BCUT2D eigenvalue weighted by molar-refractivity contribution is -0.142. The zero-order chi connectivity index (χ0) is 18.4. The van der Waals surface area contributed by atoms with E-state index in [1.165, 1.54) is 0 Å². The number of aryl methyl sites for hydroxylation is 2. The topological polar surface area (TPSA) is 66.6 Å². The highest BCUT2D eigenvalue weighted by Crippen LogP contribution is 2.32. The van der Waals surface area contributed by atoms with Crippen molar-refractivity contribution in [3.63, 3.8) is 0 Å². The van der Waals surface area contributed by atoms with Gasteiger partial charge in [-0.1, -0.05) is 19.9 Å². The van der Waals surface area contributed by atoms with Crippen LogP contribution in [-0.2, 0) is 9.59 Å². The predicted molar refractivity (Wildman–Crippen MR) is 107 cm³/mol. The Bertz CT molecular complexity index is 684. The van der Waals surface area contributed by atoms with Gasteiger partial charge in [-0.05, 0) is 55.4 Å². The first-order chi connectivity index (χ1) is 11.7. The fourth-order valence-corrected chi connectivity index (χ4v) is 4.05. The summed E-state index contributed by atoms with van der Waals surface area (Å²) in [6, 6.07) is 6.22. The molecule has 0 saturated carbocycles. The van der Waals surface area contributed by atoms with Gasteiger partial charge in [0.1, 0.15) is 5.92 Å². The maximum Gasteiger partial charge on any atom is 0.239 e. The summed E-state index contributed by atoms with van der Waals surface area (Å²) in [5.41, 5.74) is 9.22. The lowest BCUT2D eigenvalue weighted by Crippen LogP contribution is -2.55. The second-order valence-electron chi connectivity index (χ2n) is 8.32. The molecule has 2 heterocycles. The summed E-state index contributed by atoms with van der Waals surface area (Å²) < 4.78 is 0. The zero-order valence-electron chi connectivity index (χ0n) is 16.1. The van der Waals surface area contributed by atoms with Crippen molar-refractivity contribution in [1.29, 1.82) is 0 Å². The van der Waals surface area contributed by atoms with Crippen molar-refractivity contribution < 1.29 is 9.59 Å². The summed E-state index contributed by atoms with van der Waals surface area (Å²) in [6.07, 6.45) is 1.38. The molecule has 2 unspecified atom stereocenters. The van der Waals surface area contributed by atoms with E-state index < -0.39 is 5.92 Å². The van der Waals surface area contributed by atoms with Crippen LogP contribution >= 0.6 is 12.4 Å². The van der Waals surface area contributed by atoms with Gasteiger partial charge < -0.3 is 15.5 Å². The van der Waals surface area contributed by atoms with Crippen molar-refractivity contribution in [3.8, 4) is 0 Å². The number of nitrogens with two attached hydrogens (primary N) is 1. The Kier molecular flexibility index (Phi) is 6.03.